The quantitative estimate of drug-likeness (QED) is 0.369. The van der Waals surface area contributed by atoms with Crippen molar-refractivity contribution >= 4 is 5.91 Å². The predicted octanol–water partition coefficient (Wildman–Crippen LogP) is 0.0382. The Morgan fingerprint density at radius 3 is 2.69 bits per heavy atom. The number of nitrogens with one attached hydrogen (secondary N) is 1. The van der Waals surface area contributed by atoms with Crippen molar-refractivity contribution in [3.8, 4) is 0 Å². The topological polar surface area (TPSA) is 64.3 Å². The molecule has 6 heteroatoms. The van der Waals surface area contributed by atoms with Crippen LogP contribution in [-0.2, 0) is 9.53 Å². The Bertz CT molecular complexity index is 195. The minimum atomic E-state index is -3.52. The highest BCUT2D eigenvalue weighted by molar-refractivity contribution is 5.82. The van der Waals surface area contributed by atoms with Crippen molar-refractivity contribution < 1.29 is 18.3 Å². The summed E-state index contributed by atoms with van der Waals surface area (Å²) in [5.41, 5.74) is 1.39. The molecule has 0 aromatic heterocycles. The first-order valence-corrected chi connectivity index (χ1v) is 4.03. The van der Waals surface area contributed by atoms with Gasteiger partial charge in [0.2, 0.25) is 0 Å². The van der Waals surface area contributed by atoms with Gasteiger partial charge in [0.25, 0.3) is 0 Å². The summed E-state index contributed by atoms with van der Waals surface area (Å²) in [6.45, 7) is -0.597. The molecule has 0 atom stereocenters. The summed E-state index contributed by atoms with van der Waals surface area (Å²) in [6.07, 6.45) is 2.04. The van der Waals surface area contributed by atoms with Crippen molar-refractivity contribution in [3.63, 3.8) is 0 Å². The number of amides is 1. The third-order valence-electron chi connectivity index (χ3n) is 1.80. The number of alkyl halides is 2. The fourth-order valence-electron chi connectivity index (χ4n) is 0.809. The number of hydrogen-bond donors (Lipinski definition) is 2. The van der Waals surface area contributed by atoms with Gasteiger partial charge >= 0.3 is 11.8 Å². The summed E-state index contributed by atoms with van der Waals surface area (Å²) in [5, 5.41) is 0. The van der Waals surface area contributed by atoms with Crippen LogP contribution in [0.3, 0.4) is 0 Å². The number of hydrogen-bond acceptors (Lipinski definition) is 3. The number of nitrogens with two attached hydrogens (primary N) is 1. The molecule has 1 aliphatic carbocycles. The molecule has 0 aromatic carbocycles. The zero-order chi connectivity index (χ0) is 9.90. The van der Waals surface area contributed by atoms with E-state index in [2.05, 4.69) is 10.6 Å². The molecular formula is C7H12F2N2O2. The molecule has 0 bridgehead atoms. The summed E-state index contributed by atoms with van der Waals surface area (Å²) in [6, 6.07) is 0. The molecule has 0 heterocycles. The number of hydrazine groups is 1. The van der Waals surface area contributed by atoms with Gasteiger partial charge in [-0.25, -0.2) is 5.84 Å². The average molecular weight is 194 g/mol. The Balaban J connectivity index is 2.19. The molecule has 3 N–H and O–H groups in total. The van der Waals surface area contributed by atoms with Crippen LogP contribution in [0, 0.1) is 5.92 Å². The fourth-order valence-corrected chi connectivity index (χ4v) is 0.809. The highest BCUT2D eigenvalue weighted by atomic mass is 19.3. The standard InChI is InChI=1S/C7H12F2N2O2/c8-7(9,6(12)11-10)4-13-3-5-1-2-5/h5H,1-4,10H2,(H,11,12). The first-order chi connectivity index (χ1) is 6.06. The van der Waals surface area contributed by atoms with Crippen molar-refractivity contribution in [1.82, 2.24) is 5.43 Å². The van der Waals surface area contributed by atoms with E-state index in [1.165, 1.54) is 5.43 Å². The lowest BCUT2D eigenvalue weighted by molar-refractivity contribution is -0.154. The highest BCUT2D eigenvalue weighted by Gasteiger charge is 2.39. The van der Waals surface area contributed by atoms with E-state index in [0.717, 1.165) is 12.8 Å². The second-order valence-electron chi connectivity index (χ2n) is 3.14. The summed E-state index contributed by atoms with van der Waals surface area (Å²) in [5.74, 6) is -0.0683. The van der Waals surface area contributed by atoms with E-state index < -0.39 is 18.4 Å². The van der Waals surface area contributed by atoms with Crippen LogP contribution in [0.5, 0.6) is 0 Å². The SMILES string of the molecule is NNC(=O)C(F)(F)COCC1CC1. The maximum atomic E-state index is 12.7. The van der Waals surface area contributed by atoms with Crippen LogP contribution in [0.2, 0.25) is 0 Å². The second-order valence-corrected chi connectivity index (χ2v) is 3.14. The molecule has 0 saturated heterocycles. The first kappa shape index (κ1) is 10.3. The monoisotopic (exact) mass is 194 g/mol. The molecule has 1 saturated carbocycles. The van der Waals surface area contributed by atoms with Gasteiger partial charge in [-0.05, 0) is 18.8 Å². The number of rotatable bonds is 5. The molecule has 1 amide bonds. The average Bonchev–Trinajstić information content (AvgIpc) is 2.86. The Labute approximate surface area is 74.4 Å². The van der Waals surface area contributed by atoms with Crippen LogP contribution < -0.4 is 11.3 Å². The predicted molar refractivity (Wildman–Crippen MR) is 40.8 cm³/mol. The molecule has 76 valence electrons. The van der Waals surface area contributed by atoms with Crippen LogP contribution in [0.1, 0.15) is 12.8 Å². The van der Waals surface area contributed by atoms with Crippen LogP contribution >= 0.6 is 0 Å². The molecule has 1 fully saturated rings. The Morgan fingerprint density at radius 2 is 2.23 bits per heavy atom. The number of carbonyl (C=O) groups is 1. The first-order valence-electron chi connectivity index (χ1n) is 4.03. The van der Waals surface area contributed by atoms with E-state index in [-0.39, 0.29) is 0 Å². The van der Waals surface area contributed by atoms with Gasteiger partial charge in [-0.3, -0.25) is 10.2 Å². The van der Waals surface area contributed by atoms with E-state index in [9.17, 15) is 13.6 Å². The van der Waals surface area contributed by atoms with Gasteiger partial charge in [-0.15, -0.1) is 0 Å². The summed E-state index contributed by atoms with van der Waals surface area (Å²) < 4.78 is 30.0. The fraction of sp³-hybridized carbons (Fsp3) is 0.857. The van der Waals surface area contributed by atoms with Gasteiger partial charge in [-0.1, -0.05) is 0 Å². The van der Waals surface area contributed by atoms with Gasteiger partial charge < -0.3 is 4.74 Å². The molecule has 1 rings (SSSR count). The van der Waals surface area contributed by atoms with E-state index in [1.54, 1.807) is 0 Å². The molecule has 4 nitrogen and oxygen atoms in total. The molecule has 0 aromatic rings. The molecular weight excluding hydrogens is 182 g/mol. The molecule has 0 unspecified atom stereocenters. The largest absolute Gasteiger partial charge is 0.374 e. The zero-order valence-corrected chi connectivity index (χ0v) is 7.06. The lowest BCUT2D eigenvalue weighted by Crippen LogP contribution is -2.46. The van der Waals surface area contributed by atoms with Gasteiger partial charge in [0.15, 0.2) is 0 Å². The lowest BCUT2D eigenvalue weighted by Gasteiger charge is -2.13. The van der Waals surface area contributed by atoms with Gasteiger partial charge in [0.05, 0.1) is 0 Å². The molecule has 0 radical (unpaired) electrons. The van der Waals surface area contributed by atoms with Crippen LogP contribution in [-0.4, -0.2) is 25.0 Å². The third kappa shape index (κ3) is 3.23. The third-order valence-corrected chi connectivity index (χ3v) is 1.80. The van der Waals surface area contributed by atoms with Crippen molar-refractivity contribution in [2.75, 3.05) is 13.2 Å². The Kier molecular flexibility index (Phi) is 3.16. The van der Waals surface area contributed by atoms with Crippen molar-refractivity contribution in [3.05, 3.63) is 0 Å². The minimum absolute atomic E-state index is 0.299. The second kappa shape index (κ2) is 3.97. The van der Waals surface area contributed by atoms with Crippen LogP contribution in [0.25, 0.3) is 0 Å². The Morgan fingerprint density at radius 1 is 1.62 bits per heavy atom. The molecule has 0 spiro atoms. The molecule has 0 aliphatic heterocycles. The van der Waals surface area contributed by atoms with E-state index in [1.807, 2.05) is 0 Å². The summed E-state index contributed by atoms with van der Waals surface area (Å²) >= 11 is 0. The molecule has 1 aliphatic rings. The number of carbonyl (C=O) groups excluding carboxylic acids is 1. The van der Waals surface area contributed by atoms with Crippen molar-refractivity contribution in [2.24, 2.45) is 11.8 Å². The van der Waals surface area contributed by atoms with Gasteiger partial charge in [0.1, 0.15) is 6.61 Å². The van der Waals surface area contributed by atoms with Gasteiger partial charge in [0, 0.05) is 6.61 Å². The minimum Gasteiger partial charge on any atom is -0.374 e. The van der Waals surface area contributed by atoms with E-state index in [4.69, 9.17) is 0 Å². The highest BCUT2D eigenvalue weighted by Crippen LogP contribution is 2.29. The number of ether oxygens (including phenoxy) is 1. The zero-order valence-electron chi connectivity index (χ0n) is 7.06. The van der Waals surface area contributed by atoms with Crippen molar-refractivity contribution in [1.29, 1.82) is 0 Å². The normalized spacial score (nSPS) is 17.2. The maximum Gasteiger partial charge on any atom is 0.348 e. The van der Waals surface area contributed by atoms with Gasteiger partial charge in [-0.2, -0.15) is 8.78 Å². The summed E-state index contributed by atoms with van der Waals surface area (Å²) in [4.78, 5) is 10.5. The lowest BCUT2D eigenvalue weighted by atomic mass is 10.3. The van der Waals surface area contributed by atoms with Crippen LogP contribution in [0.15, 0.2) is 0 Å². The maximum absolute atomic E-state index is 12.7. The number of halogens is 2. The summed E-state index contributed by atoms with van der Waals surface area (Å²) in [7, 11) is 0. The van der Waals surface area contributed by atoms with Crippen molar-refractivity contribution in [2.45, 2.75) is 18.8 Å². The smallest absolute Gasteiger partial charge is 0.348 e. The van der Waals surface area contributed by atoms with E-state index in [0.29, 0.717) is 12.5 Å². The van der Waals surface area contributed by atoms with Crippen LogP contribution in [0.4, 0.5) is 8.78 Å². The molecule has 13 heavy (non-hydrogen) atoms. The Hall–Kier alpha value is -0.750. The van der Waals surface area contributed by atoms with E-state index >= 15 is 0 Å².